The standard InChI is InChI=1S/C37H56O9/c1-20(2)9-8-10-23(34(42)43)32-25-17-27(41)33-35(5)15-14-28(45-31-12-11-26(40)30(19-38)46-31)21(3)24(35)13-16-36(33,6)37(25,7)18-29(32)44-22(4)39/h9,11-12,21,24-31,33,38,40-41H,8,10,13-19H2,1-7H3,(H,42,43)/b32-23+/t21-,24-,25-,26-,27?,28+,29-,30+,31?,33?,35-,36-,37-/m0/s1. The number of carboxylic acid groups (broad SMARTS) is 1. The van der Waals surface area contributed by atoms with Crippen molar-refractivity contribution in [2.24, 2.45) is 39.9 Å². The van der Waals surface area contributed by atoms with Crippen LogP contribution in [-0.2, 0) is 23.8 Å². The van der Waals surface area contributed by atoms with Gasteiger partial charge in [0.15, 0.2) is 6.29 Å². The molecule has 4 N–H and O–H groups in total. The molecule has 5 aliphatic rings. The third-order valence-corrected chi connectivity index (χ3v) is 13.2. The summed E-state index contributed by atoms with van der Waals surface area (Å²) in [5.74, 6) is -1.11. The van der Waals surface area contributed by atoms with Gasteiger partial charge in [0.05, 0.1) is 18.8 Å². The number of aliphatic hydroxyl groups is 3. The van der Waals surface area contributed by atoms with Crippen molar-refractivity contribution in [2.75, 3.05) is 6.61 Å². The van der Waals surface area contributed by atoms with Gasteiger partial charge in [0.2, 0.25) is 0 Å². The second-order valence-corrected chi connectivity index (χ2v) is 15.9. The summed E-state index contributed by atoms with van der Waals surface area (Å²) in [5, 5.41) is 42.3. The maximum absolute atomic E-state index is 12.8. The van der Waals surface area contributed by atoms with Gasteiger partial charge in [-0.3, -0.25) is 4.79 Å². The number of carboxylic acids is 1. The molecule has 46 heavy (non-hydrogen) atoms. The van der Waals surface area contributed by atoms with E-state index in [1.807, 2.05) is 19.9 Å². The highest BCUT2D eigenvalue weighted by atomic mass is 16.7. The molecule has 0 aromatic carbocycles. The Hall–Kier alpha value is -2.04. The van der Waals surface area contributed by atoms with Crippen LogP contribution in [0.15, 0.2) is 34.9 Å². The number of fused-ring (bicyclic) bond motifs is 5. The Balaban J connectivity index is 1.46. The Kier molecular flexibility index (Phi) is 10.1. The van der Waals surface area contributed by atoms with E-state index in [2.05, 4.69) is 27.7 Å². The molecule has 0 radical (unpaired) electrons. The van der Waals surface area contributed by atoms with E-state index in [0.29, 0.717) is 42.7 Å². The molecule has 0 saturated heterocycles. The highest BCUT2D eigenvalue weighted by Gasteiger charge is 2.71. The minimum atomic E-state index is -0.972. The van der Waals surface area contributed by atoms with Gasteiger partial charge in [-0.15, -0.1) is 0 Å². The van der Waals surface area contributed by atoms with Crippen LogP contribution in [-0.4, -0.2) is 75.8 Å². The number of ether oxygens (including phenoxy) is 3. The zero-order chi connectivity index (χ0) is 33.8. The van der Waals surface area contributed by atoms with Crippen LogP contribution in [0.1, 0.15) is 99.8 Å². The van der Waals surface area contributed by atoms with Crippen molar-refractivity contribution in [3.8, 4) is 0 Å². The average molecular weight is 645 g/mol. The van der Waals surface area contributed by atoms with Gasteiger partial charge in [-0.2, -0.15) is 0 Å². The molecule has 3 unspecified atom stereocenters. The Bertz CT molecular complexity index is 1270. The fourth-order valence-corrected chi connectivity index (χ4v) is 11.0. The van der Waals surface area contributed by atoms with Gasteiger partial charge in [0.25, 0.3) is 0 Å². The molecular formula is C37H56O9. The van der Waals surface area contributed by atoms with Crippen molar-refractivity contribution in [1.82, 2.24) is 0 Å². The zero-order valence-electron chi connectivity index (χ0n) is 28.7. The molecule has 0 aromatic rings. The van der Waals surface area contributed by atoms with Crippen LogP contribution in [0, 0.1) is 39.9 Å². The van der Waals surface area contributed by atoms with Crippen molar-refractivity contribution in [2.45, 2.75) is 137 Å². The third kappa shape index (κ3) is 5.93. The van der Waals surface area contributed by atoms with E-state index in [4.69, 9.17) is 14.2 Å². The first-order valence-electron chi connectivity index (χ1n) is 17.3. The molecule has 9 nitrogen and oxygen atoms in total. The number of rotatable bonds is 8. The van der Waals surface area contributed by atoms with E-state index < -0.39 is 42.6 Å². The van der Waals surface area contributed by atoms with Crippen LogP contribution in [0.4, 0.5) is 0 Å². The lowest BCUT2D eigenvalue weighted by atomic mass is 9.36. The first-order chi connectivity index (χ1) is 21.6. The molecule has 0 spiro atoms. The van der Waals surface area contributed by atoms with E-state index in [-0.39, 0.29) is 46.7 Å². The lowest BCUT2D eigenvalue weighted by Gasteiger charge is -2.69. The summed E-state index contributed by atoms with van der Waals surface area (Å²) in [6.07, 6.45) is 7.30. The Labute approximate surface area is 274 Å². The molecule has 1 aliphatic heterocycles. The number of aliphatic hydroxyl groups excluding tert-OH is 3. The monoisotopic (exact) mass is 644 g/mol. The molecule has 0 amide bonds. The number of hydrogen-bond acceptors (Lipinski definition) is 8. The third-order valence-electron chi connectivity index (χ3n) is 13.2. The van der Waals surface area contributed by atoms with Crippen molar-refractivity contribution >= 4 is 11.9 Å². The molecular weight excluding hydrogens is 588 g/mol. The summed E-state index contributed by atoms with van der Waals surface area (Å²) in [7, 11) is 0. The van der Waals surface area contributed by atoms with E-state index in [9.17, 15) is 30.0 Å². The minimum Gasteiger partial charge on any atom is -0.478 e. The van der Waals surface area contributed by atoms with Gasteiger partial charge >= 0.3 is 11.9 Å². The fourth-order valence-electron chi connectivity index (χ4n) is 11.0. The van der Waals surface area contributed by atoms with Crippen LogP contribution in [0.25, 0.3) is 0 Å². The molecule has 13 atom stereocenters. The lowest BCUT2D eigenvalue weighted by molar-refractivity contribution is -0.256. The molecule has 4 saturated carbocycles. The number of esters is 1. The first kappa shape index (κ1) is 35.3. The number of aliphatic carboxylic acids is 1. The van der Waals surface area contributed by atoms with Gasteiger partial charge in [-0.25, -0.2) is 4.79 Å². The van der Waals surface area contributed by atoms with Gasteiger partial charge in [-0.05, 0) is 117 Å². The highest BCUT2D eigenvalue weighted by molar-refractivity contribution is 5.88. The summed E-state index contributed by atoms with van der Waals surface area (Å²) < 4.78 is 18.2. The summed E-state index contributed by atoms with van der Waals surface area (Å²) in [6.45, 7) is 14.2. The first-order valence-corrected chi connectivity index (χ1v) is 17.3. The molecule has 1 heterocycles. The maximum atomic E-state index is 12.8. The zero-order valence-corrected chi connectivity index (χ0v) is 28.7. The van der Waals surface area contributed by atoms with Gasteiger partial charge < -0.3 is 34.6 Å². The summed E-state index contributed by atoms with van der Waals surface area (Å²) in [6, 6.07) is 0. The number of hydrogen-bond donors (Lipinski definition) is 4. The predicted molar refractivity (Wildman–Crippen MR) is 172 cm³/mol. The van der Waals surface area contributed by atoms with Gasteiger partial charge in [-0.1, -0.05) is 45.4 Å². The van der Waals surface area contributed by atoms with E-state index in [1.54, 1.807) is 12.2 Å². The van der Waals surface area contributed by atoms with E-state index >= 15 is 0 Å². The van der Waals surface area contributed by atoms with Crippen LogP contribution >= 0.6 is 0 Å². The molecule has 4 fully saturated rings. The quantitative estimate of drug-likeness (QED) is 0.157. The largest absolute Gasteiger partial charge is 0.478 e. The minimum absolute atomic E-state index is 0.0144. The average Bonchev–Trinajstić information content (AvgIpc) is 3.24. The smallest absolute Gasteiger partial charge is 0.331 e. The van der Waals surface area contributed by atoms with Crippen LogP contribution < -0.4 is 0 Å². The van der Waals surface area contributed by atoms with Crippen LogP contribution in [0.3, 0.4) is 0 Å². The molecule has 258 valence electrons. The van der Waals surface area contributed by atoms with Crippen LogP contribution in [0.5, 0.6) is 0 Å². The van der Waals surface area contributed by atoms with Crippen molar-refractivity contribution in [1.29, 1.82) is 0 Å². The number of carbonyl (C=O) groups is 2. The van der Waals surface area contributed by atoms with Crippen molar-refractivity contribution in [3.05, 3.63) is 34.9 Å². The Morgan fingerprint density at radius 1 is 1.07 bits per heavy atom. The van der Waals surface area contributed by atoms with Crippen LogP contribution in [0.2, 0.25) is 0 Å². The fraction of sp³-hybridized carbons (Fsp3) is 0.784. The summed E-state index contributed by atoms with van der Waals surface area (Å²) >= 11 is 0. The van der Waals surface area contributed by atoms with Crippen molar-refractivity contribution in [3.63, 3.8) is 0 Å². The Morgan fingerprint density at radius 2 is 1.78 bits per heavy atom. The molecule has 0 bridgehead atoms. The molecule has 5 rings (SSSR count). The number of allylic oxidation sites excluding steroid dienone is 2. The van der Waals surface area contributed by atoms with Crippen molar-refractivity contribution < 1.29 is 44.2 Å². The second kappa shape index (κ2) is 13.1. The van der Waals surface area contributed by atoms with E-state index in [0.717, 1.165) is 31.3 Å². The molecule has 9 heteroatoms. The lowest BCUT2D eigenvalue weighted by Crippen LogP contribution is -2.65. The topological polar surface area (TPSA) is 143 Å². The molecule has 0 aromatic heterocycles. The predicted octanol–water partition coefficient (Wildman–Crippen LogP) is 5.32. The summed E-state index contributed by atoms with van der Waals surface area (Å²) in [5.41, 5.74) is 1.31. The Morgan fingerprint density at radius 3 is 2.41 bits per heavy atom. The highest BCUT2D eigenvalue weighted by Crippen LogP contribution is 2.74. The van der Waals surface area contributed by atoms with E-state index in [1.165, 1.54) is 6.92 Å². The van der Waals surface area contributed by atoms with Gasteiger partial charge in [0.1, 0.15) is 18.3 Å². The normalized spacial score (nSPS) is 46.0. The molecule has 4 aliphatic carbocycles. The number of carbonyl (C=O) groups excluding carboxylic acids is 1. The second-order valence-electron chi connectivity index (χ2n) is 15.9. The summed E-state index contributed by atoms with van der Waals surface area (Å²) in [4.78, 5) is 25.2. The maximum Gasteiger partial charge on any atom is 0.331 e. The van der Waals surface area contributed by atoms with Gasteiger partial charge in [0, 0.05) is 12.5 Å². The SMILES string of the molecule is CC(=O)O[C@H]1C[C@@]2(C)[C@@H](CC(O)C3[C@]2(C)CC[C@H]2[C@H](C)[C@H](OC4C=C[C@H](O)[C@@H](CO)O4)CC[C@]32C)/C1=C(/CCC=C(C)C)C(=O)O.